The lowest BCUT2D eigenvalue weighted by Gasteiger charge is -2.18. The summed E-state index contributed by atoms with van der Waals surface area (Å²) in [6.07, 6.45) is -0.161. The van der Waals surface area contributed by atoms with E-state index < -0.39 is 23.5 Å². The summed E-state index contributed by atoms with van der Waals surface area (Å²) in [5, 5.41) is 17.6. The van der Waals surface area contributed by atoms with Crippen LogP contribution in [0.4, 0.5) is 0 Å². The number of nitrogens with zero attached hydrogens (tertiary/aromatic N) is 1. The Labute approximate surface area is 86.6 Å². The Kier molecular flexibility index (Phi) is 3.28. The lowest BCUT2D eigenvalue weighted by molar-refractivity contribution is -0.143. The minimum atomic E-state index is -1.10. The van der Waals surface area contributed by atoms with E-state index in [0.717, 1.165) is 0 Å². The van der Waals surface area contributed by atoms with Crippen molar-refractivity contribution in [3.8, 4) is 0 Å². The van der Waals surface area contributed by atoms with E-state index in [4.69, 9.17) is 21.7 Å². The Morgan fingerprint density at radius 3 is 2.27 bits per heavy atom. The average molecular weight is 217 g/mol. The van der Waals surface area contributed by atoms with Crippen LogP contribution in [0.15, 0.2) is 0 Å². The van der Waals surface area contributed by atoms with E-state index in [0.29, 0.717) is 0 Å². The van der Waals surface area contributed by atoms with Gasteiger partial charge in [0.1, 0.15) is 5.54 Å². The summed E-state index contributed by atoms with van der Waals surface area (Å²) in [4.78, 5) is 23.0. The summed E-state index contributed by atoms with van der Waals surface area (Å²) >= 11 is 0. The minimum absolute atomic E-state index is 0.0293. The zero-order chi connectivity index (χ0) is 11.6. The fraction of sp³-hybridized carbons (Fsp3) is 0.750. The van der Waals surface area contributed by atoms with E-state index in [-0.39, 0.29) is 26.1 Å². The topological polar surface area (TPSA) is 130 Å². The first-order valence-corrected chi connectivity index (χ1v) is 4.60. The van der Waals surface area contributed by atoms with Gasteiger partial charge in [-0.3, -0.25) is 14.5 Å². The van der Waals surface area contributed by atoms with E-state index in [1.165, 1.54) is 4.90 Å². The van der Waals surface area contributed by atoms with Gasteiger partial charge in [0.25, 0.3) is 0 Å². The van der Waals surface area contributed by atoms with Gasteiger partial charge in [0.05, 0.1) is 6.42 Å². The fourth-order valence-electron chi connectivity index (χ4n) is 1.71. The monoisotopic (exact) mass is 217 g/mol. The highest BCUT2D eigenvalue weighted by Gasteiger charge is 2.60. The van der Waals surface area contributed by atoms with Crippen molar-refractivity contribution in [1.82, 2.24) is 4.90 Å². The van der Waals surface area contributed by atoms with E-state index in [1.54, 1.807) is 0 Å². The molecule has 1 heterocycles. The maximum Gasteiger partial charge on any atom is 0.326 e. The van der Waals surface area contributed by atoms with E-state index in [1.807, 2.05) is 0 Å². The predicted octanol–water partition coefficient (Wildman–Crippen LogP) is -2.11. The van der Waals surface area contributed by atoms with Crippen LogP contribution in [0, 0.1) is 0 Å². The molecule has 0 aromatic carbocycles. The zero-order valence-corrected chi connectivity index (χ0v) is 8.22. The van der Waals surface area contributed by atoms with Crippen molar-refractivity contribution in [2.45, 2.75) is 18.0 Å². The molecule has 3 atom stereocenters. The second-order valence-electron chi connectivity index (χ2n) is 3.66. The van der Waals surface area contributed by atoms with Crippen LogP contribution >= 0.6 is 0 Å². The molecule has 0 spiro atoms. The van der Waals surface area contributed by atoms with Crippen molar-refractivity contribution in [2.24, 2.45) is 11.5 Å². The maximum atomic E-state index is 10.9. The highest BCUT2D eigenvalue weighted by molar-refractivity contribution is 5.83. The van der Waals surface area contributed by atoms with Gasteiger partial charge in [-0.2, -0.15) is 0 Å². The number of aliphatic carboxylic acids is 2. The first-order chi connectivity index (χ1) is 6.97. The van der Waals surface area contributed by atoms with Gasteiger partial charge in [-0.1, -0.05) is 0 Å². The SMILES string of the molecule is NCC(CC(=O)O)N1CC1(CN)C(=O)O. The molecule has 1 saturated heterocycles. The van der Waals surface area contributed by atoms with Gasteiger partial charge in [0, 0.05) is 25.7 Å². The van der Waals surface area contributed by atoms with Crippen LogP contribution in [0.2, 0.25) is 0 Å². The smallest absolute Gasteiger partial charge is 0.326 e. The molecule has 0 radical (unpaired) electrons. The lowest BCUT2D eigenvalue weighted by atomic mass is 10.1. The molecule has 1 aliphatic rings. The summed E-state index contributed by atoms with van der Waals surface area (Å²) < 4.78 is 0. The summed E-state index contributed by atoms with van der Waals surface area (Å²) in [6.45, 7) is 0.355. The third kappa shape index (κ3) is 2.09. The molecule has 0 aromatic rings. The van der Waals surface area contributed by atoms with Gasteiger partial charge in [-0.25, -0.2) is 0 Å². The van der Waals surface area contributed by atoms with Crippen molar-refractivity contribution >= 4 is 11.9 Å². The van der Waals surface area contributed by atoms with Crippen LogP contribution < -0.4 is 11.5 Å². The van der Waals surface area contributed by atoms with Crippen molar-refractivity contribution in [1.29, 1.82) is 0 Å². The summed E-state index contributed by atoms with van der Waals surface area (Å²) in [7, 11) is 0. The van der Waals surface area contributed by atoms with Crippen LogP contribution in [0.25, 0.3) is 0 Å². The van der Waals surface area contributed by atoms with Gasteiger partial charge in [0.15, 0.2) is 0 Å². The van der Waals surface area contributed by atoms with Crippen molar-refractivity contribution in [3.05, 3.63) is 0 Å². The highest BCUT2D eigenvalue weighted by Crippen LogP contribution is 2.34. The van der Waals surface area contributed by atoms with E-state index in [2.05, 4.69) is 0 Å². The van der Waals surface area contributed by atoms with Gasteiger partial charge in [-0.15, -0.1) is 0 Å². The molecule has 0 bridgehead atoms. The Hall–Kier alpha value is -1.18. The molecule has 7 heteroatoms. The number of carboxylic acids is 2. The van der Waals surface area contributed by atoms with Crippen molar-refractivity contribution in [2.75, 3.05) is 19.6 Å². The standard InChI is InChI=1S/C8H15N3O4/c9-2-5(1-6(12)13)11-4-8(11,3-10)7(14)15/h5H,1-4,9-10H2,(H,12,13)(H,14,15). The normalized spacial score (nSPS) is 30.9. The maximum absolute atomic E-state index is 10.9. The first-order valence-electron chi connectivity index (χ1n) is 4.60. The molecule has 0 aliphatic carbocycles. The molecule has 0 amide bonds. The van der Waals surface area contributed by atoms with Crippen molar-refractivity contribution in [3.63, 3.8) is 0 Å². The third-order valence-corrected chi connectivity index (χ3v) is 2.74. The van der Waals surface area contributed by atoms with Crippen LogP contribution in [0.5, 0.6) is 0 Å². The summed E-state index contributed by atoms with van der Waals surface area (Å²) in [5.41, 5.74) is 9.67. The lowest BCUT2D eigenvalue weighted by Crippen LogP contribution is -2.43. The third-order valence-electron chi connectivity index (χ3n) is 2.74. The first kappa shape index (κ1) is 11.9. The zero-order valence-electron chi connectivity index (χ0n) is 8.22. The number of nitrogens with two attached hydrogens (primary N) is 2. The molecule has 1 aliphatic heterocycles. The number of carbonyl (C=O) groups is 2. The average Bonchev–Trinajstić information content (AvgIpc) is 2.89. The van der Waals surface area contributed by atoms with E-state index in [9.17, 15) is 9.59 Å². The van der Waals surface area contributed by atoms with E-state index >= 15 is 0 Å². The Balaban J connectivity index is 2.66. The van der Waals surface area contributed by atoms with Crippen LogP contribution in [-0.2, 0) is 9.59 Å². The van der Waals surface area contributed by atoms with Crippen LogP contribution in [-0.4, -0.2) is 58.3 Å². The largest absolute Gasteiger partial charge is 0.481 e. The molecule has 3 unspecified atom stereocenters. The van der Waals surface area contributed by atoms with Gasteiger partial charge in [0.2, 0.25) is 0 Å². The quantitative estimate of drug-likeness (QED) is 0.374. The molecule has 15 heavy (non-hydrogen) atoms. The molecule has 6 N–H and O–H groups in total. The number of carboxylic acid groups (broad SMARTS) is 2. The summed E-state index contributed by atoms with van der Waals surface area (Å²) in [6, 6.07) is -0.456. The molecule has 1 fully saturated rings. The highest BCUT2D eigenvalue weighted by atomic mass is 16.4. The van der Waals surface area contributed by atoms with Gasteiger partial charge < -0.3 is 21.7 Å². The Morgan fingerprint density at radius 2 is 2.00 bits per heavy atom. The molecule has 86 valence electrons. The van der Waals surface area contributed by atoms with Gasteiger partial charge >= 0.3 is 11.9 Å². The number of rotatable bonds is 6. The second-order valence-corrected chi connectivity index (χ2v) is 3.66. The van der Waals surface area contributed by atoms with Crippen LogP contribution in [0.1, 0.15) is 6.42 Å². The predicted molar refractivity (Wildman–Crippen MR) is 51.2 cm³/mol. The molecule has 7 nitrogen and oxygen atoms in total. The molecular weight excluding hydrogens is 202 g/mol. The molecule has 1 rings (SSSR count). The van der Waals surface area contributed by atoms with Crippen molar-refractivity contribution < 1.29 is 19.8 Å². The van der Waals surface area contributed by atoms with Gasteiger partial charge in [-0.05, 0) is 0 Å². The summed E-state index contributed by atoms with van der Waals surface area (Å²) in [5.74, 6) is -2.01. The number of hydrogen-bond acceptors (Lipinski definition) is 5. The Morgan fingerprint density at radius 1 is 1.40 bits per heavy atom. The fourth-order valence-corrected chi connectivity index (χ4v) is 1.71. The minimum Gasteiger partial charge on any atom is -0.481 e. The number of hydrogen-bond donors (Lipinski definition) is 4. The second kappa shape index (κ2) is 4.13. The molecule has 0 aromatic heterocycles. The Bertz CT molecular complexity index is 283. The molecular formula is C8H15N3O4. The molecule has 0 saturated carbocycles. The van der Waals surface area contributed by atoms with Crippen LogP contribution in [0.3, 0.4) is 0 Å².